The Labute approximate surface area is 144 Å². The topological polar surface area (TPSA) is 65.8 Å². The van der Waals surface area contributed by atoms with E-state index in [0.29, 0.717) is 45.9 Å². The van der Waals surface area contributed by atoms with E-state index in [-0.39, 0.29) is 0 Å². The van der Waals surface area contributed by atoms with Crippen LogP contribution in [0.5, 0.6) is 17.2 Å². The number of oxazole rings is 1. The lowest BCUT2D eigenvalue weighted by Gasteiger charge is -2.14. The normalized spacial score (nSPS) is 10.7. The molecule has 0 aliphatic carbocycles. The largest absolute Gasteiger partial charge is 0.493 e. The van der Waals surface area contributed by atoms with Gasteiger partial charge in [0, 0.05) is 11.6 Å². The van der Waals surface area contributed by atoms with E-state index < -0.39 is 0 Å². The Bertz CT molecular complexity index is 838. The van der Waals surface area contributed by atoms with Crippen LogP contribution in [0.15, 0.2) is 34.7 Å². The molecule has 7 heteroatoms. The average molecular weight is 349 g/mol. The van der Waals surface area contributed by atoms with Crippen LogP contribution in [0.3, 0.4) is 0 Å². The maximum absolute atomic E-state index is 5.95. The SMILES string of the molecule is COc1cc(CNc2nc3cc(Cl)ccc3o2)cc(OC)c1OC. The summed E-state index contributed by atoms with van der Waals surface area (Å²) in [6, 6.07) is 9.46. The Morgan fingerprint density at radius 1 is 1.04 bits per heavy atom. The first kappa shape index (κ1) is 16.3. The maximum Gasteiger partial charge on any atom is 0.295 e. The number of nitrogens with zero attached hydrogens (tertiary/aromatic N) is 1. The predicted octanol–water partition coefficient (Wildman–Crippen LogP) is 4.12. The number of halogens is 1. The molecule has 2 aromatic carbocycles. The molecule has 0 amide bonds. The van der Waals surface area contributed by atoms with Crippen LogP contribution in [0.25, 0.3) is 11.1 Å². The summed E-state index contributed by atoms with van der Waals surface area (Å²) in [5.74, 6) is 1.75. The van der Waals surface area contributed by atoms with Gasteiger partial charge in [-0.15, -0.1) is 0 Å². The molecular formula is C17H17ClN2O4. The number of hydrogen-bond acceptors (Lipinski definition) is 6. The molecule has 0 unspecified atom stereocenters. The van der Waals surface area contributed by atoms with E-state index in [9.17, 15) is 0 Å². The van der Waals surface area contributed by atoms with Crippen molar-refractivity contribution in [2.45, 2.75) is 6.54 Å². The standard InChI is InChI=1S/C17H17ClN2O4/c1-21-14-6-10(7-15(22-2)16(14)23-3)9-19-17-20-12-8-11(18)4-5-13(12)24-17/h4-8H,9H2,1-3H3,(H,19,20). The summed E-state index contributed by atoms with van der Waals surface area (Å²) in [6.45, 7) is 0.483. The molecule has 0 spiro atoms. The fraction of sp³-hybridized carbons (Fsp3) is 0.235. The number of hydrogen-bond donors (Lipinski definition) is 1. The van der Waals surface area contributed by atoms with Crippen LogP contribution in [0.1, 0.15) is 5.56 Å². The van der Waals surface area contributed by atoms with Crippen molar-refractivity contribution in [2.75, 3.05) is 26.6 Å². The van der Waals surface area contributed by atoms with E-state index in [0.717, 1.165) is 5.56 Å². The number of aromatic nitrogens is 1. The zero-order valence-electron chi connectivity index (χ0n) is 13.6. The van der Waals surface area contributed by atoms with Gasteiger partial charge in [-0.05, 0) is 35.9 Å². The minimum absolute atomic E-state index is 0.418. The van der Waals surface area contributed by atoms with E-state index in [2.05, 4.69) is 10.3 Å². The molecule has 0 saturated heterocycles. The lowest BCUT2D eigenvalue weighted by molar-refractivity contribution is 0.324. The highest BCUT2D eigenvalue weighted by atomic mass is 35.5. The first-order chi connectivity index (χ1) is 11.6. The minimum atomic E-state index is 0.418. The minimum Gasteiger partial charge on any atom is -0.493 e. The number of nitrogens with one attached hydrogen (secondary N) is 1. The van der Waals surface area contributed by atoms with Crippen molar-refractivity contribution in [3.8, 4) is 17.2 Å². The van der Waals surface area contributed by atoms with Gasteiger partial charge in [-0.25, -0.2) is 0 Å². The van der Waals surface area contributed by atoms with Gasteiger partial charge < -0.3 is 23.9 Å². The smallest absolute Gasteiger partial charge is 0.295 e. The van der Waals surface area contributed by atoms with Gasteiger partial charge in [0.05, 0.1) is 21.3 Å². The maximum atomic E-state index is 5.95. The molecule has 1 heterocycles. The van der Waals surface area contributed by atoms with Crippen LogP contribution in [0.2, 0.25) is 5.02 Å². The Morgan fingerprint density at radius 3 is 2.38 bits per heavy atom. The Kier molecular flexibility index (Phi) is 4.66. The van der Waals surface area contributed by atoms with Crippen molar-refractivity contribution in [2.24, 2.45) is 0 Å². The van der Waals surface area contributed by atoms with Crippen molar-refractivity contribution < 1.29 is 18.6 Å². The zero-order valence-corrected chi connectivity index (χ0v) is 14.3. The molecule has 0 saturated carbocycles. The number of rotatable bonds is 6. The molecule has 3 aromatic rings. The number of anilines is 1. The second kappa shape index (κ2) is 6.88. The second-order valence-electron chi connectivity index (χ2n) is 5.02. The Hall–Kier alpha value is -2.60. The zero-order chi connectivity index (χ0) is 17.1. The van der Waals surface area contributed by atoms with Gasteiger partial charge in [0.25, 0.3) is 6.01 Å². The van der Waals surface area contributed by atoms with Crippen molar-refractivity contribution in [1.82, 2.24) is 4.98 Å². The van der Waals surface area contributed by atoms with Crippen LogP contribution in [-0.4, -0.2) is 26.3 Å². The molecule has 24 heavy (non-hydrogen) atoms. The van der Waals surface area contributed by atoms with Gasteiger partial charge in [-0.2, -0.15) is 4.98 Å². The summed E-state index contributed by atoms with van der Waals surface area (Å²) in [5.41, 5.74) is 2.31. The first-order valence-electron chi connectivity index (χ1n) is 7.23. The molecule has 1 N–H and O–H groups in total. The molecular weight excluding hydrogens is 332 g/mol. The van der Waals surface area contributed by atoms with Crippen LogP contribution in [0, 0.1) is 0 Å². The van der Waals surface area contributed by atoms with Crippen LogP contribution < -0.4 is 19.5 Å². The highest BCUT2D eigenvalue weighted by Gasteiger charge is 2.13. The molecule has 0 aliphatic rings. The number of methoxy groups -OCH3 is 3. The highest BCUT2D eigenvalue weighted by molar-refractivity contribution is 6.31. The number of benzene rings is 2. The molecule has 3 rings (SSSR count). The van der Waals surface area contributed by atoms with Crippen LogP contribution in [0.4, 0.5) is 6.01 Å². The molecule has 0 bridgehead atoms. The first-order valence-corrected chi connectivity index (χ1v) is 7.61. The van der Waals surface area contributed by atoms with Crippen molar-refractivity contribution in [3.63, 3.8) is 0 Å². The third-order valence-electron chi connectivity index (χ3n) is 3.52. The summed E-state index contributed by atoms with van der Waals surface area (Å²) in [5, 5.41) is 3.75. The molecule has 6 nitrogen and oxygen atoms in total. The molecule has 126 valence electrons. The Balaban J connectivity index is 1.82. The van der Waals surface area contributed by atoms with Crippen molar-refractivity contribution in [3.05, 3.63) is 40.9 Å². The van der Waals surface area contributed by atoms with Crippen LogP contribution >= 0.6 is 11.6 Å². The van der Waals surface area contributed by atoms with Gasteiger partial charge in [0.2, 0.25) is 5.75 Å². The fourth-order valence-corrected chi connectivity index (χ4v) is 2.56. The lowest BCUT2D eigenvalue weighted by Crippen LogP contribution is -2.02. The van der Waals surface area contributed by atoms with E-state index in [1.54, 1.807) is 39.5 Å². The monoisotopic (exact) mass is 348 g/mol. The summed E-state index contributed by atoms with van der Waals surface area (Å²) < 4.78 is 21.6. The molecule has 0 radical (unpaired) electrons. The fourth-order valence-electron chi connectivity index (χ4n) is 2.39. The summed E-state index contributed by atoms with van der Waals surface area (Å²) >= 11 is 5.95. The molecule has 1 aromatic heterocycles. The van der Waals surface area contributed by atoms with Gasteiger partial charge in [-0.1, -0.05) is 11.6 Å². The third-order valence-corrected chi connectivity index (χ3v) is 3.75. The van der Waals surface area contributed by atoms with E-state index >= 15 is 0 Å². The summed E-state index contributed by atoms with van der Waals surface area (Å²) in [4.78, 5) is 4.36. The van der Waals surface area contributed by atoms with Crippen molar-refractivity contribution >= 4 is 28.7 Å². The quantitative estimate of drug-likeness (QED) is 0.722. The number of fused-ring (bicyclic) bond motifs is 1. The lowest BCUT2D eigenvalue weighted by atomic mass is 10.2. The van der Waals surface area contributed by atoms with Gasteiger partial charge in [0.1, 0.15) is 5.52 Å². The van der Waals surface area contributed by atoms with Gasteiger partial charge >= 0.3 is 0 Å². The van der Waals surface area contributed by atoms with Crippen molar-refractivity contribution in [1.29, 1.82) is 0 Å². The summed E-state index contributed by atoms with van der Waals surface area (Å²) in [7, 11) is 4.74. The molecule has 0 aliphatic heterocycles. The predicted molar refractivity (Wildman–Crippen MR) is 92.4 cm³/mol. The van der Waals surface area contributed by atoms with E-state index in [1.807, 2.05) is 12.1 Å². The van der Waals surface area contributed by atoms with E-state index in [1.165, 1.54) is 0 Å². The van der Waals surface area contributed by atoms with E-state index in [4.69, 9.17) is 30.2 Å². The molecule has 0 atom stereocenters. The average Bonchev–Trinajstić information content (AvgIpc) is 3.00. The third kappa shape index (κ3) is 3.19. The Morgan fingerprint density at radius 2 is 1.75 bits per heavy atom. The summed E-state index contributed by atoms with van der Waals surface area (Å²) in [6.07, 6.45) is 0. The van der Waals surface area contributed by atoms with Crippen LogP contribution in [-0.2, 0) is 6.54 Å². The molecule has 0 fully saturated rings. The van der Waals surface area contributed by atoms with Gasteiger partial charge in [-0.3, -0.25) is 0 Å². The second-order valence-corrected chi connectivity index (χ2v) is 5.45. The highest BCUT2D eigenvalue weighted by Crippen LogP contribution is 2.38. The number of ether oxygens (including phenoxy) is 3. The van der Waals surface area contributed by atoms with Gasteiger partial charge in [0.15, 0.2) is 17.1 Å².